The predicted octanol–water partition coefficient (Wildman–Crippen LogP) is 4.41. The molecule has 0 heterocycles. The molecule has 9 heteroatoms. The van der Waals surface area contributed by atoms with Gasteiger partial charge >= 0.3 is 0 Å². The summed E-state index contributed by atoms with van der Waals surface area (Å²) in [4.78, 5) is 10.8. The van der Waals surface area contributed by atoms with E-state index in [0.717, 1.165) is 0 Å². The van der Waals surface area contributed by atoms with Crippen LogP contribution in [0.1, 0.15) is 6.92 Å². The lowest BCUT2D eigenvalue weighted by atomic mass is 10.3. The molecule has 0 unspecified atom stereocenters. The lowest BCUT2D eigenvalue weighted by Crippen LogP contribution is -2.13. The summed E-state index contributed by atoms with van der Waals surface area (Å²) in [5, 5.41) is 2.78. The van der Waals surface area contributed by atoms with Crippen molar-refractivity contribution in [1.29, 1.82) is 0 Å². The lowest BCUT2D eigenvalue weighted by Gasteiger charge is -2.11. The van der Waals surface area contributed by atoms with Gasteiger partial charge in [0, 0.05) is 18.3 Å². The molecule has 0 aliphatic carbocycles. The molecule has 0 aromatic heterocycles. The van der Waals surface area contributed by atoms with E-state index in [2.05, 4.69) is 10.0 Å². The smallest absolute Gasteiger partial charge is 0.263 e. The van der Waals surface area contributed by atoms with Crippen molar-refractivity contribution < 1.29 is 13.2 Å². The summed E-state index contributed by atoms with van der Waals surface area (Å²) in [7, 11) is -3.93. The molecule has 0 aliphatic rings. The lowest BCUT2D eigenvalue weighted by molar-refractivity contribution is -0.114. The molecule has 0 saturated carbocycles. The van der Waals surface area contributed by atoms with Crippen LogP contribution in [0.3, 0.4) is 0 Å². The van der Waals surface area contributed by atoms with Crippen molar-refractivity contribution in [2.45, 2.75) is 11.8 Å². The Morgan fingerprint density at radius 2 is 1.43 bits per heavy atom. The summed E-state index contributed by atoms with van der Waals surface area (Å²) < 4.78 is 27.1. The number of halogens is 3. The number of hydrogen-bond donors (Lipinski definition) is 2. The van der Waals surface area contributed by atoms with E-state index in [4.69, 9.17) is 34.8 Å². The fourth-order valence-electron chi connectivity index (χ4n) is 1.75. The molecular weight excluding hydrogens is 383 g/mol. The molecule has 0 aliphatic heterocycles. The minimum Gasteiger partial charge on any atom is -0.326 e. The van der Waals surface area contributed by atoms with Crippen molar-refractivity contribution in [2.24, 2.45) is 0 Å². The predicted molar refractivity (Wildman–Crippen MR) is 93.0 cm³/mol. The Kier molecular flexibility index (Phi) is 5.41. The van der Waals surface area contributed by atoms with E-state index in [9.17, 15) is 13.2 Å². The molecule has 122 valence electrons. The highest BCUT2D eigenvalue weighted by molar-refractivity contribution is 7.92. The van der Waals surface area contributed by atoms with Gasteiger partial charge in [0.25, 0.3) is 10.0 Å². The highest BCUT2D eigenvalue weighted by atomic mass is 35.5. The summed E-state index contributed by atoms with van der Waals surface area (Å²) in [6, 6.07) is 8.59. The molecule has 0 fully saturated rings. The quantitative estimate of drug-likeness (QED) is 0.756. The zero-order valence-electron chi connectivity index (χ0n) is 11.7. The second-order valence-electron chi connectivity index (χ2n) is 4.56. The van der Waals surface area contributed by atoms with E-state index in [-0.39, 0.29) is 25.9 Å². The maximum absolute atomic E-state index is 12.4. The van der Waals surface area contributed by atoms with Gasteiger partial charge in [0.15, 0.2) is 0 Å². The average molecular weight is 394 g/mol. The number of rotatable bonds is 4. The monoisotopic (exact) mass is 392 g/mol. The third-order valence-electron chi connectivity index (χ3n) is 2.72. The third-order valence-corrected chi connectivity index (χ3v) is 5.29. The first-order chi connectivity index (χ1) is 10.7. The van der Waals surface area contributed by atoms with Crippen LogP contribution in [0.5, 0.6) is 0 Å². The number of benzene rings is 2. The van der Waals surface area contributed by atoms with Gasteiger partial charge in [0.05, 0.1) is 15.1 Å². The molecule has 0 radical (unpaired) electrons. The molecule has 23 heavy (non-hydrogen) atoms. The van der Waals surface area contributed by atoms with E-state index in [0.29, 0.717) is 11.4 Å². The highest BCUT2D eigenvalue weighted by Crippen LogP contribution is 2.32. The molecular formula is C14H11Cl3N2O3S. The van der Waals surface area contributed by atoms with Crippen molar-refractivity contribution >= 4 is 62.1 Å². The van der Waals surface area contributed by atoms with Crippen LogP contribution in [0, 0.1) is 0 Å². The number of nitrogens with one attached hydrogen (secondary N) is 2. The summed E-state index contributed by atoms with van der Waals surface area (Å²) in [6.07, 6.45) is 0. The third kappa shape index (κ3) is 4.51. The second kappa shape index (κ2) is 6.97. The number of anilines is 2. The van der Waals surface area contributed by atoms with Gasteiger partial charge in [-0.1, -0.05) is 34.8 Å². The molecule has 0 atom stereocenters. The zero-order valence-corrected chi connectivity index (χ0v) is 14.8. The molecule has 5 nitrogen and oxygen atoms in total. The van der Waals surface area contributed by atoms with Gasteiger partial charge in [-0.2, -0.15) is 0 Å². The van der Waals surface area contributed by atoms with Crippen LogP contribution in [0.25, 0.3) is 0 Å². The Balaban J connectivity index is 2.28. The van der Waals surface area contributed by atoms with Gasteiger partial charge in [0.1, 0.15) is 4.90 Å². The van der Waals surface area contributed by atoms with Crippen LogP contribution in [0.2, 0.25) is 15.1 Å². The highest BCUT2D eigenvalue weighted by Gasteiger charge is 2.20. The van der Waals surface area contributed by atoms with Crippen LogP contribution < -0.4 is 10.0 Å². The van der Waals surface area contributed by atoms with E-state index in [1.807, 2.05) is 0 Å². The summed E-state index contributed by atoms with van der Waals surface area (Å²) >= 11 is 17.6. The fraction of sp³-hybridized carbons (Fsp3) is 0.0714. The first-order valence-electron chi connectivity index (χ1n) is 6.24. The number of carbonyl (C=O) groups excluding carboxylic acids is 1. The number of amides is 1. The van der Waals surface area contributed by atoms with Crippen LogP contribution in [0.4, 0.5) is 11.4 Å². The Bertz CT molecular complexity index is 852. The van der Waals surface area contributed by atoms with Gasteiger partial charge < -0.3 is 5.32 Å². The van der Waals surface area contributed by atoms with Gasteiger partial charge in [-0.25, -0.2) is 8.42 Å². The maximum atomic E-state index is 12.4. The first kappa shape index (κ1) is 17.9. The Morgan fingerprint density at radius 3 is 2.00 bits per heavy atom. The molecule has 2 rings (SSSR count). The van der Waals surface area contributed by atoms with Crippen molar-refractivity contribution in [3.8, 4) is 0 Å². The SMILES string of the molecule is CC(=O)Nc1ccc(NS(=O)(=O)c2cc(Cl)c(Cl)cc2Cl)cc1. The normalized spacial score (nSPS) is 11.1. The van der Waals surface area contributed by atoms with Gasteiger partial charge in [-0.05, 0) is 36.4 Å². The molecule has 2 N–H and O–H groups in total. The molecule has 1 amide bonds. The summed E-state index contributed by atoms with van der Waals surface area (Å²) in [6.45, 7) is 1.38. The number of carbonyl (C=O) groups is 1. The van der Waals surface area contributed by atoms with Crippen molar-refractivity contribution in [1.82, 2.24) is 0 Å². The Morgan fingerprint density at radius 1 is 0.913 bits per heavy atom. The topological polar surface area (TPSA) is 75.3 Å². The molecule has 2 aromatic carbocycles. The summed E-state index contributed by atoms with van der Waals surface area (Å²) in [5.74, 6) is -0.221. The number of sulfonamides is 1. The van der Waals surface area contributed by atoms with Crippen LogP contribution in [0.15, 0.2) is 41.3 Å². The standard InChI is InChI=1S/C14H11Cl3N2O3S/c1-8(20)18-9-2-4-10(5-3-9)19-23(21,22)14-7-12(16)11(15)6-13(14)17/h2-7,19H,1H3,(H,18,20). The molecule has 2 aromatic rings. The van der Waals surface area contributed by atoms with E-state index >= 15 is 0 Å². The number of hydrogen-bond acceptors (Lipinski definition) is 3. The van der Waals surface area contributed by atoms with Crippen LogP contribution >= 0.6 is 34.8 Å². The van der Waals surface area contributed by atoms with Gasteiger partial charge in [-0.3, -0.25) is 9.52 Å². The first-order valence-corrected chi connectivity index (χ1v) is 8.86. The molecule has 0 spiro atoms. The molecule has 0 saturated heterocycles. The van der Waals surface area contributed by atoms with Gasteiger partial charge in [0.2, 0.25) is 5.91 Å². The van der Waals surface area contributed by atoms with Crippen molar-refractivity contribution in [2.75, 3.05) is 10.0 Å². The van der Waals surface area contributed by atoms with Crippen LogP contribution in [-0.2, 0) is 14.8 Å². The second-order valence-corrected chi connectivity index (χ2v) is 7.43. The molecule has 0 bridgehead atoms. The van der Waals surface area contributed by atoms with Crippen molar-refractivity contribution in [3.05, 3.63) is 51.5 Å². The van der Waals surface area contributed by atoms with E-state index in [1.54, 1.807) is 12.1 Å². The van der Waals surface area contributed by atoms with E-state index < -0.39 is 10.0 Å². The maximum Gasteiger partial charge on any atom is 0.263 e. The Hall–Kier alpha value is -1.47. The van der Waals surface area contributed by atoms with Gasteiger partial charge in [-0.15, -0.1) is 0 Å². The largest absolute Gasteiger partial charge is 0.326 e. The van der Waals surface area contributed by atoms with Crippen LogP contribution in [-0.4, -0.2) is 14.3 Å². The zero-order chi connectivity index (χ0) is 17.2. The minimum atomic E-state index is -3.93. The average Bonchev–Trinajstić information content (AvgIpc) is 2.44. The van der Waals surface area contributed by atoms with E-state index in [1.165, 1.54) is 31.2 Å². The Labute approximate surface area is 148 Å². The minimum absolute atomic E-state index is 0.0400. The van der Waals surface area contributed by atoms with Crippen molar-refractivity contribution in [3.63, 3.8) is 0 Å². The summed E-state index contributed by atoms with van der Waals surface area (Å²) in [5.41, 5.74) is 0.856. The fourth-order valence-corrected chi connectivity index (χ4v) is 3.81.